The number of aryl methyl sites for hydroxylation is 1. The molecule has 4 heteroatoms. The van der Waals surface area contributed by atoms with Crippen molar-refractivity contribution in [2.24, 2.45) is 5.92 Å². The fraction of sp³-hybridized carbons (Fsp3) is 0.692. The summed E-state index contributed by atoms with van der Waals surface area (Å²) in [6, 6.07) is 0. The van der Waals surface area contributed by atoms with Gasteiger partial charge in [-0.3, -0.25) is 0 Å². The molecule has 0 amide bonds. The van der Waals surface area contributed by atoms with Crippen LogP contribution in [0.2, 0.25) is 0 Å². The number of rotatable bonds is 4. The maximum Gasteiger partial charge on any atom is 0.137 e. The largest absolute Gasteiger partial charge is 0.383 e. The second-order valence-corrected chi connectivity index (χ2v) is 5.00. The molecule has 1 aromatic heterocycles. The van der Waals surface area contributed by atoms with Gasteiger partial charge in [-0.2, -0.15) is 0 Å². The molecular formula is C13H22N4. The lowest BCUT2D eigenvalue weighted by molar-refractivity contribution is 0.321. The van der Waals surface area contributed by atoms with Gasteiger partial charge < -0.3 is 10.6 Å². The zero-order chi connectivity index (χ0) is 12.4. The molecule has 0 aromatic carbocycles. The minimum absolute atomic E-state index is 0.618. The van der Waals surface area contributed by atoms with E-state index >= 15 is 0 Å². The predicted molar refractivity (Wildman–Crippen MR) is 71.2 cm³/mol. The summed E-state index contributed by atoms with van der Waals surface area (Å²) in [5.41, 5.74) is 6.94. The minimum atomic E-state index is 0.618. The Balaban J connectivity index is 2.19. The van der Waals surface area contributed by atoms with Crippen LogP contribution in [0, 0.1) is 12.8 Å². The highest BCUT2D eigenvalue weighted by Crippen LogP contribution is 2.29. The van der Waals surface area contributed by atoms with Gasteiger partial charge in [-0.15, -0.1) is 0 Å². The van der Waals surface area contributed by atoms with Gasteiger partial charge in [-0.1, -0.05) is 13.3 Å². The predicted octanol–water partition coefficient (Wildman–Crippen LogP) is 2.17. The molecule has 0 aliphatic heterocycles. The van der Waals surface area contributed by atoms with Gasteiger partial charge in [-0.05, 0) is 25.7 Å². The first-order chi connectivity index (χ1) is 8.11. The molecule has 0 spiro atoms. The molecule has 4 nitrogen and oxygen atoms in total. The molecule has 1 saturated carbocycles. The zero-order valence-corrected chi connectivity index (χ0v) is 11.0. The van der Waals surface area contributed by atoms with Crippen LogP contribution < -0.4 is 10.6 Å². The fourth-order valence-corrected chi connectivity index (χ4v) is 2.25. The van der Waals surface area contributed by atoms with E-state index in [-0.39, 0.29) is 0 Å². The minimum Gasteiger partial charge on any atom is -0.383 e. The van der Waals surface area contributed by atoms with Crippen LogP contribution in [-0.4, -0.2) is 23.6 Å². The molecule has 0 unspecified atom stereocenters. The van der Waals surface area contributed by atoms with Crippen molar-refractivity contribution >= 4 is 11.6 Å². The lowest BCUT2D eigenvalue weighted by Gasteiger charge is -2.31. The third-order valence-electron chi connectivity index (χ3n) is 3.64. The molecule has 1 heterocycles. The number of hydrogen-bond acceptors (Lipinski definition) is 4. The van der Waals surface area contributed by atoms with Gasteiger partial charge in [0.1, 0.15) is 17.5 Å². The van der Waals surface area contributed by atoms with Crippen LogP contribution >= 0.6 is 0 Å². The normalized spacial score (nSPS) is 15.7. The van der Waals surface area contributed by atoms with Crippen LogP contribution in [0.25, 0.3) is 0 Å². The molecule has 2 N–H and O–H groups in total. The van der Waals surface area contributed by atoms with E-state index in [1.807, 2.05) is 6.92 Å². The van der Waals surface area contributed by atoms with Crippen molar-refractivity contribution in [3.63, 3.8) is 0 Å². The van der Waals surface area contributed by atoms with E-state index < -0.39 is 0 Å². The quantitative estimate of drug-likeness (QED) is 0.867. The van der Waals surface area contributed by atoms with Gasteiger partial charge in [0.05, 0.1) is 0 Å². The van der Waals surface area contributed by atoms with Crippen LogP contribution in [0.3, 0.4) is 0 Å². The molecular weight excluding hydrogens is 212 g/mol. The lowest BCUT2D eigenvalue weighted by Crippen LogP contribution is -2.30. The van der Waals surface area contributed by atoms with Gasteiger partial charge in [0.25, 0.3) is 0 Å². The van der Waals surface area contributed by atoms with E-state index in [1.54, 1.807) is 0 Å². The molecule has 2 rings (SSSR count). The number of nitrogen functional groups attached to an aromatic ring is 1. The third-order valence-corrected chi connectivity index (χ3v) is 3.64. The smallest absolute Gasteiger partial charge is 0.137 e. The van der Waals surface area contributed by atoms with Crippen LogP contribution in [0.4, 0.5) is 11.6 Å². The average Bonchev–Trinajstić information content (AvgIpc) is 2.26. The summed E-state index contributed by atoms with van der Waals surface area (Å²) in [5.74, 6) is 3.29. The number of aromatic nitrogens is 2. The SMILES string of the molecule is CCc1nc(N)c(C)c(N(C)CC2CCC2)n1. The molecule has 1 fully saturated rings. The van der Waals surface area contributed by atoms with Gasteiger partial charge in [0.2, 0.25) is 0 Å². The van der Waals surface area contributed by atoms with Crippen molar-refractivity contribution in [2.75, 3.05) is 24.2 Å². The molecule has 1 aliphatic carbocycles. The Labute approximate surface area is 103 Å². The summed E-state index contributed by atoms with van der Waals surface area (Å²) in [4.78, 5) is 11.1. The molecule has 0 saturated heterocycles. The molecule has 0 bridgehead atoms. The molecule has 94 valence electrons. The van der Waals surface area contributed by atoms with E-state index in [1.165, 1.54) is 19.3 Å². The Morgan fingerprint density at radius 3 is 2.59 bits per heavy atom. The first-order valence-electron chi connectivity index (χ1n) is 6.46. The second-order valence-electron chi connectivity index (χ2n) is 5.00. The summed E-state index contributed by atoms with van der Waals surface area (Å²) in [6.07, 6.45) is 4.91. The van der Waals surface area contributed by atoms with Crippen molar-refractivity contribution < 1.29 is 0 Å². The van der Waals surface area contributed by atoms with Gasteiger partial charge in [0.15, 0.2) is 0 Å². The summed E-state index contributed by atoms with van der Waals surface area (Å²) in [5, 5.41) is 0. The Bertz CT molecular complexity index is 399. The van der Waals surface area contributed by atoms with Crippen molar-refractivity contribution in [2.45, 2.75) is 39.5 Å². The number of nitrogens with zero attached hydrogens (tertiary/aromatic N) is 3. The van der Waals surface area contributed by atoms with Crippen molar-refractivity contribution in [1.82, 2.24) is 9.97 Å². The van der Waals surface area contributed by atoms with E-state index in [2.05, 4.69) is 28.8 Å². The fourth-order valence-electron chi connectivity index (χ4n) is 2.25. The monoisotopic (exact) mass is 234 g/mol. The Morgan fingerprint density at radius 2 is 2.06 bits per heavy atom. The van der Waals surface area contributed by atoms with Crippen LogP contribution in [-0.2, 0) is 6.42 Å². The lowest BCUT2D eigenvalue weighted by atomic mass is 9.85. The maximum atomic E-state index is 5.93. The standard InChI is InChI=1S/C13H22N4/c1-4-11-15-12(14)9(2)13(16-11)17(3)8-10-6-5-7-10/h10H,4-8H2,1-3H3,(H2,14,15,16). The van der Waals surface area contributed by atoms with E-state index in [4.69, 9.17) is 5.73 Å². The topological polar surface area (TPSA) is 55.0 Å². The summed E-state index contributed by atoms with van der Waals surface area (Å²) in [6.45, 7) is 5.14. The summed E-state index contributed by atoms with van der Waals surface area (Å²) >= 11 is 0. The highest BCUT2D eigenvalue weighted by molar-refractivity contribution is 5.56. The second kappa shape index (κ2) is 4.90. The van der Waals surface area contributed by atoms with Crippen LogP contribution in [0.1, 0.15) is 37.6 Å². The Hall–Kier alpha value is -1.32. The van der Waals surface area contributed by atoms with Crippen molar-refractivity contribution in [3.8, 4) is 0 Å². The number of nitrogens with two attached hydrogens (primary N) is 1. The Kier molecular flexibility index (Phi) is 3.50. The van der Waals surface area contributed by atoms with Crippen LogP contribution in [0.15, 0.2) is 0 Å². The van der Waals surface area contributed by atoms with Gasteiger partial charge >= 0.3 is 0 Å². The summed E-state index contributed by atoms with van der Waals surface area (Å²) in [7, 11) is 2.10. The third kappa shape index (κ3) is 2.51. The highest BCUT2D eigenvalue weighted by atomic mass is 15.2. The molecule has 17 heavy (non-hydrogen) atoms. The highest BCUT2D eigenvalue weighted by Gasteiger charge is 2.21. The average molecular weight is 234 g/mol. The zero-order valence-electron chi connectivity index (χ0n) is 11.0. The first kappa shape index (κ1) is 12.1. The molecule has 1 aliphatic rings. The van der Waals surface area contributed by atoms with E-state index in [9.17, 15) is 0 Å². The number of anilines is 2. The van der Waals surface area contributed by atoms with Gasteiger partial charge in [-0.25, -0.2) is 9.97 Å². The number of hydrogen-bond donors (Lipinski definition) is 1. The Morgan fingerprint density at radius 1 is 1.35 bits per heavy atom. The molecule has 1 aromatic rings. The summed E-state index contributed by atoms with van der Waals surface area (Å²) < 4.78 is 0. The molecule has 0 radical (unpaired) electrons. The van der Waals surface area contributed by atoms with E-state index in [0.29, 0.717) is 5.82 Å². The maximum absolute atomic E-state index is 5.93. The van der Waals surface area contributed by atoms with Crippen molar-refractivity contribution in [1.29, 1.82) is 0 Å². The molecule has 0 atom stereocenters. The van der Waals surface area contributed by atoms with Crippen LogP contribution in [0.5, 0.6) is 0 Å². The van der Waals surface area contributed by atoms with Crippen molar-refractivity contribution in [3.05, 3.63) is 11.4 Å². The van der Waals surface area contributed by atoms with E-state index in [0.717, 1.165) is 36.1 Å². The first-order valence-corrected chi connectivity index (χ1v) is 6.46. The van der Waals surface area contributed by atoms with Gasteiger partial charge in [0, 0.05) is 25.6 Å².